The zero-order valence-corrected chi connectivity index (χ0v) is 15.9. The normalized spacial score (nSPS) is 13.2. The molecular formula is C24H23NO3. The van der Waals surface area contributed by atoms with Crippen molar-refractivity contribution in [3.8, 4) is 11.5 Å². The number of hydrogen-bond donors (Lipinski definition) is 0. The second-order valence-electron chi connectivity index (χ2n) is 7.05. The lowest BCUT2D eigenvalue weighted by Crippen LogP contribution is -2.31. The minimum atomic E-state index is 0.0272. The fourth-order valence-electron chi connectivity index (χ4n) is 3.57. The van der Waals surface area contributed by atoms with Crippen molar-refractivity contribution in [1.82, 2.24) is 4.90 Å². The molecule has 0 bridgehead atoms. The third-order valence-corrected chi connectivity index (χ3v) is 5.05. The van der Waals surface area contributed by atoms with E-state index in [-0.39, 0.29) is 18.6 Å². The van der Waals surface area contributed by atoms with Gasteiger partial charge in [0.25, 0.3) is 5.91 Å². The van der Waals surface area contributed by atoms with E-state index in [1.54, 1.807) is 4.90 Å². The van der Waals surface area contributed by atoms with Gasteiger partial charge >= 0.3 is 0 Å². The highest BCUT2D eigenvalue weighted by atomic mass is 16.7. The molecule has 0 unspecified atom stereocenters. The van der Waals surface area contributed by atoms with Crippen LogP contribution in [0.4, 0.5) is 0 Å². The van der Waals surface area contributed by atoms with Crippen molar-refractivity contribution >= 4 is 5.91 Å². The van der Waals surface area contributed by atoms with Crippen LogP contribution in [0.15, 0.2) is 78.9 Å². The minimum absolute atomic E-state index is 0.0272. The van der Waals surface area contributed by atoms with E-state index in [0.717, 1.165) is 23.5 Å². The highest BCUT2D eigenvalue weighted by molar-refractivity contribution is 5.94. The Kier molecular flexibility index (Phi) is 5.29. The molecule has 1 aliphatic heterocycles. The quantitative estimate of drug-likeness (QED) is 0.638. The average molecular weight is 373 g/mol. The molecule has 0 fully saturated rings. The molecule has 1 aliphatic rings. The van der Waals surface area contributed by atoms with Crippen LogP contribution < -0.4 is 9.47 Å². The molecule has 4 heteroatoms. The molecule has 1 amide bonds. The summed E-state index contributed by atoms with van der Waals surface area (Å²) in [5.41, 5.74) is 3.08. The summed E-state index contributed by atoms with van der Waals surface area (Å²) in [6, 6.07) is 25.8. The summed E-state index contributed by atoms with van der Waals surface area (Å²) in [5, 5.41) is 0. The number of likely N-dealkylation sites (N-methyl/N-ethyl adjacent to an activating group) is 1. The monoisotopic (exact) mass is 373 g/mol. The van der Waals surface area contributed by atoms with Gasteiger partial charge in [0.05, 0.1) is 0 Å². The summed E-state index contributed by atoms with van der Waals surface area (Å²) in [4.78, 5) is 14.6. The van der Waals surface area contributed by atoms with Gasteiger partial charge in [0.2, 0.25) is 6.79 Å². The minimum Gasteiger partial charge on any atom is -0.454 e. The molecule has 0 spiro atoms. The maximum absolute atomic E-state index is 12.8. The van der Waals surface area contributed by atoms with Crippen LogP contribution in [0.3, 0.4) is 0 Å². The van der Waals surface area contributed by atoms with Gasteiger partial charge in [-0.15, -0.1) is 0 Å². The van der Waals surface area contributed by atoms with Gasteiger partial charge in [0, 0.05) is 25.1 Å². The molecule has 142 valence electrons. The number of benzene rings is 3. The van der Waals surface area contributed by atoms with Gasteiger partial charge in [-0.05, 0) is 41.8 Å². The van der Waals surface area contributed by atoms with Crippen LogP contribution in [0.1, 0.15) is 27.4 Å². The molecule has 1 heterocycles. The first-order chi connectivity index (χ1) is 13.7. The van der Waals surface area contributed by atoms with E-state index in [4.69, 9.17) is 9.47 Å². The molecule has 4 nitrogen and oxygen atoms in total. The van der Waals surface area contributed by atoms with E-state index < -0.39 is 0 Å². The van der Waals surface area contributed by atoms with Gasteiger partial charge in [-0.25, -0.2) is 0 Å². The molecule has 0 saturated heterocycles. The van der Waals surface area contributed by atoms with E-state index in [1.807, 2.05) is 67.7 Å². The fourth-order valence-corrected chi connectivity index (χ4v) is 3.57. The predicted molar refractivity (Wildman–Crippen MR) is 109 cm³/mol. The Labute approximate surface area is 165 Å². The summed E-state index contributed by atoms with van der Waals surface area (Å²) >= 11 is 0. The molecule has 3 aromatic rings. The summed E-state index contributed by atoms with van der Waals surface area (Å²) in [5.74, 6) is 1.72. The van der Waals surface area contributed by atoms with Crippen molar-refractivity contribution in [2.24, 2.45) is 0 Å². The number of ether oxygens (including phenoxy) is 2. The Balaban J connectivity index is 1.58. The van der Waals surface area contributed by atoms with Crippen LogP contribution in [0.25, 0.3) is 0 Å². The second kappa shape index (κ2) is 8.17. The van der Waals surface area contributed by atoms with Crippen LogP contribution >= 0.6 is 0 Å². The highest BCUT2D eigenvalue weighted by Gasteiger charge is 2.22. The van der Waals surface area contributed by atoms with Gasteiger partial charge in [-0.2, -0.15) is 0 Å². The lowest BCUT2D eigenvalue weighted by atomic mass is 9.91. The maximum Gasteiger partial charge on any atom is 0.253 e. The van der Waals surface area contributed by atoms with E-state index in [9.17, 15) is 4.79 Å². The van der Waals surface area contributed by atoms with Crippen LogP contribution in [0.2, 0.25) is 0 Å². The topological polar surface area (TPSA) is 38.8 Å². The zero-order chi connectivity index (χ0) is 19.3. The lowest BCUT2D eigenvalue weighted by molar-refractivity contribution is 0.0786. The Morgan fingerprint density at radius 3 is 2.36 bits per heavy atom. The van der Waals surface area contributed by atoms with Gasteiger partial charge in [-0.3, -0.25) is 4.79 Å². The largest absolute Gasteiger partial charge is 0.454 e. The van der Waals surface area contributed by atoms with Gasteiger partial charge in [0.15, 0.2) is 11.5 Å². The molecule has 28 heavy (non-hydrogen) atoms. The van der Waals surface area contributed by atoms with Gasteiger partial charge in [0.1, 0.15) is 0 Å². The Morgan fingerprint density at radius 2 is 1.61 bits per heavy atom. The number of amides is 1. The van der Waals surface area contributed by atoms with E-state index >= 15 is 0 Å². The van der Waals surface area contributed by atoms with E-state index in [2.05, 4.69) is 18.2 Å². The highest BCUT2D eigenvalue weighted by Crippen LogP contribution is 2.35. The lowest BCUT2D eigenvalue weighted by Gasteiger charge is -2.25. The van der Waals surface area contributed by atoms with Gasteiger partial charge < -0.3 is 14.4 Å². The van der Waals surface area contributed by atoms with Crippen molar-refractivity contribution < 1.29 is 14.3 Å². The molecule has 0 saturated carbocycles. The first-order valence-electron chi connectivity index (χ1n) is 9.44. The van der Waals surface area contributed by atoms with E-state index in [1.165, 1.54) is 5.56 Å². The predicted octanol–water partition coefficient (Wildman–Crippen LogP) is 4.51. The molecule has 0 aliphatic carbocycles. The summed E-state index contributed by atoms with van der Waals surface area (Å²) in [6.07, 6.45) is 0.840. The summed E-state index contributed by atoms with van der Waals surface area (Å²) < 4.78 is 11.0. The third kappa shape index (κ3) is 4.01. The summed E-state index contributed by atoms with van der Waals surface area (Å²) in [7, 11) is 1.86. The van der Waals surface area contributed by atoms with E-state index in [0.29, 0.717) is 12.1 Å². The first-order valence-corrected chi connectivity index (χ1v) is 9.44. The number of carbonyl (C=O) groups excluding carboxylic acids is 1. The first kappa shape index (κ1) is 18.1. The number of nitrogens with zero attached hydrogens (tertiary/aromatic N) is 1. The smallest absolute Gasteiger partial charge is 0.253 e. The van der Waals surface area contributed by atoms with Crippen molar-refractivity contribution in [3.63, 3.8) is 0 Å². The SMILES string of the molecule is CN(C[C@H](Cc1ccccc1)c1ccc2c(c1)OCO2)C(=O)c1ccccc1. The molecule has 0 N–H and O–H groups in total. The second-order valence-corrected chi connectivity index (χ2v) is 7.05. The number of rotatable bonds is 6. The van der Waals surface area contributed by atoms with Crippen molar-refractivity contribution in [1.29, 1.82) is 0 Å². The van der Waals surface area contributed by atoms with Gasteiger partial charge in [-0.1, -0.05) is 54.6 Å². The number of fused-ring (bicyclic) bond motifs is 1. The van der Waals surface area contributed by atoms with Crippen LogP contribution in [-0.4, -0.2) is 31.2 Å². The Hall–Kier alpha value is -3.27. The van der Waals surface area contributed by atoms with Crippen LogP contribution in [-0.2, 0) is 6.42 Å². The Bertz CT molecular complexity index is 941. The fraction of sp³-hybridized carbons (Fsp3) is 0.208. The third-order valence-electron chi connectivity index (χ3n) is 5.05. The van der Waals surface area contributed by atoms with Crippen molar-refractivity contribution in [3.05, 3.63) is 95.6 Å². The van der Waals surface area contributed by atoms with Crippen LogP contribution in [0.5, 0.6) is 11.5 Å². The average Bonchev–Trinajstić information content (AvgIpc) is 3.22. The number of hydrogen-bond acceptors (Lipinski definition) is 3. The van der Waals surface area contributed by atoms with Crippen molar-refractivity contribution in [2.45, 2.75) is 12.3 Å². The Morgan fingerprint density at radius 1 is 0.929 bits per heavy atom. The molecule has 0 radical (unpaired) electrons. The van der Waals surface area contributed by atoms with Crippen LogP contribution in [0, 0.1) is 0 Å². The molecule has 3 aromatic carbocycles. The van der Waals surface area contributed by atoms with Crippen molar-refractivity contribution in [2.75, 3.05) is 20.4 Å². The molecule has 4 rings (SSSR count). The molecule has 0 aromatic heterocycles. The standard InChI is InChI=1S/C24H23NO3/c1-25(24(26)19-10-6-3-7-11-19)16-21(14-18-8-4-2-5-9-18)20-12-13-22-23(15-20)28-17-27-22/h2-13,15,21H,14,16-17H2,1H3/t21-/m0/s1. The zero-order valence-electron chi connectivity index (χ0n) is 15.9. The summed E-state index contributed by atoms with van der Waals surface area (Å²) in [6.45, 7) is 0.872. The maximum atomic E-state index is 12.8. The molecule has 1 atom stereocenters. The number of carbonyl (C=O) groups is 1. The molecular weight excluding hydrogens is 350 g/mol.